The summed E-state index contributed by atoms with van der Waals surface area (Å²) in [5.74, 6) is 0.741. The second kappa shape index (κ2) is 10.5. The molecule has 2 nitrogen and oxygen atoms in total. The van der Waals surface area contributed by atoms with E-state index in [1.165, 1.54) is 55.6 Å². The highest BCUT2D eigenvalue weighted by molar-refractivity contribution is 5.82. The first-order valence-electron chi connectivity index (χ1n) is 14.1. The fourth-order valence-corrected chi connectivity index (χ4v) is 6.34. The summed E-state index contributed by atoms with van der Waals surface area (Å²) < 4.78 is 17.8. The Morgan fingerprint density at radius 3 is 1.73 bits per heavy atom. The molecule has 5 aromatic rings. The zero-order chi connectivity index (χ0) is 28.8. The summed E-state index contributed by atoms with van der Waals surface area (Å²) in [5.41, 5.74) is 13.4. The van der Waals surface area contributed by atoms with Gasteiger partial charge in [-0.15, -0.1) is 0 Å². The number of aromatic nitrogens is 2. The van der Waals surface area contributed by atoms with Gasteiger partial charge in [-0.3, -0.25) is 4.57 Å². The van der Waals surface area contributed by atoms with Crippen LogP contribution in [-0.2, 0) is 5.67 Å². The van der Waals surface area contributed by atoms with Crippen LogP contribution < -0.4 is 0 Å². The standard InChI is InChI=1S/C37H39FN2/c1-9-37(8,38)33-13-11-10-12-32(33)36-39-14-15-40(36)31-21-29(34-25(4)16-23(2)17-26(34)5)20-30(22-31)35-27(6)18-24(3)19-28(35)7/h10-22H,9H2,1-8H3. The van der Waals surface area contributed by atoms with Gasteiger partial charge in [0.2, 0.25) is 0 Å². The molecule has 0 fully saturated rings. The van der Waals surface area contributed by atoms with Gasteiger partial charge in [-0.1, -0.05) is 66.6 Å². The summed E-state index contributed by atoms with van der Waals surface area (Å²) in [5, 5.41) is 0. The van der Waals surface area contributed by atoms with Crippen LogP contribution in [0.25, 0.3) is 39.3 Å². The van der Waals surface area contributed by atoms with Gasteiger partial charge < -0.3 is 0 Å². The molecule has 0 saturated heterocycles. The average molecular weight is 531 g/mol. The number of hydrogen-bond donors (Lipinski definition) is 0. The van der Waals surface area contributed by atoms with Crippen molar-refractivity contribution in [1.29, 1.82) is 0 Å². The summed E-state index contributed by atoms with van der Waals surface area (Å²) in [6.07, 6.45) is 4.19. The highest BCUT2D eigenvalue weighted by Crippen LogP contribution is 2.40. The molecule has 4 aromatic carbocycles. The fourth-order valence-electron chi connectivity index (χ4n) is 6.34. The molecular weight excluding hydrogens is 491 g/mol. The number of imidazole rings is 1. The van der Waals surface area contributed by atoms with E-state index in [9.17, 15) is 0 Å². The van der Waals surface area contributed by atoms with Crippen molar-refractivity contribution < 1.29 is 4.39 Å². The molecule has 1 aromatic heterocycles. The van der Waals surface area contributed by atoms with Crippen molar-refractivity contribution in [2.75, 3.05) is 0 Å². The van der Waals surface area contributed by atoms with Gasteiger partial charge in [0, 0.05) is 23.6 Å². The molecular formula is C37H39FN2. The van der Waals surface area contributed by atoms with Crippen molar-refractivity contribution >= 4 is 0 Å². The maximum atomic E-state index is 15.7. The first-order valence-corrected chi connectivity index (χ1v) is 14.1. The van der Waals surface area contributed by atoms with E-state index in [0.29, 0.717) is 12.0 Å². The molecule has 0 spiro atoms. The SMILES string of the molecule is CCC(C)(F)c1ccccc1-c1nccn1-c1cc(-c2c(C)cc(C)cc2C)cc(-c2c(C)cc(C)cc2C)c1. The smallest absolute Gasteiger partial charge is 0.144 e. The fraction of sp³-hybridized carbons (Fsp3) is 0.270. The zero-order valence-corrected chi connectivity index (χ0v) is 25.0. The van der Waals surface area contributed by atoms with Gasteiger partial charge in [0.25, 0.3) is 0 Å². The van der Waals surface area contributed by atoms with Gasteiger partial charge in [0.1, 0.15) is 11.5 Å². The third-order valence-electron chi connectivity index (χ3n) is 8.16. The van der Waals surface area contributed by atoms with E-state index < -0.39 is 5.67 Å². The Hall–Kier alpha value is -3.98. The normalized spacial score (nSPS) is 12.9. The number of hydrogen-bond acceptors (Lipinski definition) is 1. The van der Waals surface area contributed by atoms with Gasteiger partial charge in [-0.2, -0.15) is 0 Å². The monoisotopic (exact) mass is 530 g/mol. The Labute approximate surface area is 238 Å². The molecule has 0 saturated carbocycles. The molecule has 0 aliphatic rings. The Balaban J connectivity index is 1.80. The minimum Gasteiger partial charge on any atom is -0.300 e. The lowest BCUT2D eigenvalue weighted by molar-refractivity contribution is 0.186. The topological polar surface area (TPSA) is 17.8 Å². The van der Waals surface area contributed by atoms with E-state index >= 15 is 4.39 Å². The van der Waals surface area contributed by atoms with Gasteiger partial charge in [-0.25, -0.2) is 9.37 Å². The third-order valence-corrected chi connectivity index (χ3v) is 8.16. The Kier molecular flexibility index (Phi) is 7.27. The van der Waals surface area contributed by atoms with Crippen LogP contribution in [0.15, 0.2) is 79.1 Å². The van der Waals surface area contributed by atoms with Gasteiger partial charge in [-0.05, 0) is 123 Å². The van der Waals surface area contributed by atoms with Crippen LogP contribution >= 0.6 is 0 Å². The zero-order valence-electron chi connectivity index (χ0n) is 25.0. The highest BCUT2D eigenvalue weighted by Gasteiger charge is 2.28. The molecule has 1 heterocycles. The van der Waals surface area contributed by atoms with Gasteiger partial charge in [0.05, 0.1) is 0 Å². The summed E-state index contributed by atoms with van der Waals surface area (Å²) >= 11 is 0. The third kappa shape index (κ3) is 5.01. The van der Waals surface area contributed by atoms with Crippen molar-refractivity contribution in [1.82, 2.24) is 9.55 Å². The minimum atomic E-state index is -1.45. The number of nitrogens with zero attached hydrogens (tertiary/aromatic N) is 2. The quantitative estimate of drug-likeness (QED) is 0.213. The van der Waals surface area contributed by atoms with Gasteiger partial charge in [0.15, 0.2) is 0 Å². The second-order valence-electron chi connectivity index (χ2n) is 11.5. The van der Waals surface area contributed by atoms with Crippen molar-refractivity contribution in [3.8, 4) is 39.3 Å². The first-order chi connectivity index (χ1) is 19.0. The van der Waals surface area contributed by atoms with E-state index in [1.807, 2.05) is 43.6 Å². The molecule has 0 aliphatic carbocycles. The maximum Gasteiger partial charge on any atom is 0.144 e. The molecule has 0 aliphatic heterocycles. The first kappa shape index (κ1) is 27.6. The van der Waals surface area contributed by atoms with Crippen molar-refractivity contribution in [3.63, 3.8) is 0 Å². The van der Waals surface area contributed by atoms with E-state index in [4.69, 9.17) is 4.98 Å². The van der Waals surface area contributed by atoms with E-state index in [0.717, 1.165) is 17.1 Å². The average Bonchev–Trinajstić information content (AvgIpc) is 3.37. The molecule has 1 atom stereocenters. The predicted octanol–water partition coefficient (Wildman–Crippen LogP) is 10.3. The summed E-state index contributed by atoms with van der Waals surface area (Å²) in [4.78, 5) is 4.77. The molecule has 0 N–H and O–H groups in total. The summed E-state index contributed by atoms with van der Waals surface area (Å²) in [7, 11) is 0. The number of benzene rings is 4. The van der Waals surface area contributed by atoms with Crippen LogP contribution in [-0.4, -0.2) is 9.55 Å². The number of halogens is 1. The van der Waals surface area contributed by atoms with Crippen molar-refractivity contribution in [2.24, 2.45) is 0 Å². The maximum absolute atomic E-state index is 15.7. The van der Waals surface area contributed by atoms with Gasteiger partial charge >= 0.3 is 0 Å². The van der Waals surface area contributed by atoms with Crippen molar-refractivity contribution in [3.05, 3.63) is 118 Å². The summed E-state index contributed by atoms with van der Waals surface area (Å²) in [6, 6.07) is 23.6. The van der Waals surface area contributed by atoms with E-state index in [-0.39, 0.29) is 0 Å². The van der Waals surface area contributed by atoms with Crippen LogP contribution in [0.4, 0.5) is 4.39 Å². The van der Waals surface area contributed by atoms with Crippen LogP contribution in [0.3, 0.4) is 0 Å². The molecule has 5 rings (SSSR count). The summed E-state index contributed by atoms with van der Waals surface area (Å²) in [6.45, 7) is 16.6. The molecule has 1 unspecified atom stereocenters. The molecule has 0 bridgehead atoms. The van der Waals surface area contributed by atoms with Crippen LogP contribution in [0.5, 0.6) is 0 Å². The largest absolute Gasteiger partial charge is 0.300 e. The lowest BCUT2D eigenvalue weighted by atomic mass is 9.88. The second-order valence-corrected chi connectivity index (χ2v) is 11.5. The Morgan fingerprint density at radius 1 is 0.725 bits per heavy atom. The molecule has 40 heavy (non-hydrogen) atoms. The Bertz CT molecular complexity index is 1600. The number of rotatable bonds is 6. The highest BCUT2D eigenvalue weighted by atomic mass is 19.1. The lowest BCUT2D eigenvalue weighted by Gasteiger charge is -2.23. The minimum absolute atomic E-state index is 0.391. The van der Waals surface area contributed by atoms with E-state index in [2.05, 4.69) is 88.6 Å². The van der Waals surface area contributed by atoms with Crippen LogP contribution in [0.1, 0.15) is 59.2 Å². The Morgan fingerprint density at radius 2 is 1.23 bits per heavy atom. The lowest BCUT2D eigenvalue weighted by Crippen LogP contribution is -2.15. The van der Waals surface area contributed by atoms with E-state index in [1.54, 1.807) is 6.92 Å². The molecule has 0 amide bonds. The van der Waals surface area contributed by atoms with Crippen LogP contribution in [0.2, 0.25) is 0 Å². The predicted molar refractivity (Wildman–Crippen MR) is 167 cm³/mol. The van der Waals surface area contributed by atoms with Crippen molar-refractivity contribution in [2.45, 2.75) is 67.5 Å². The molecule has 0 radical (unpaired) electrons. The van der Waals surface area contributed by atoms with Crippen LogP contribution in [0, 0.1) is 41.5 Å². The molecule has 204 valence electrons. The number of alkyl halides is 1. The molecule has 3 heteroatoms. The number of aryl methyl sites for hydroxylation is 6.